The van der Waals surface area contributed by atoms with Gasteiger partial charge in [0.05, 0.1) is 5.69 Å². The number of hydrogen-bond acceptors (Lipinski definition) is 4. The summed E-state index contributed by atoms with van der Waals surface area (Å²) in [5, 5.41) is 3.29. The summed E-state index contributed by atoms with van der Waals surface area (Å²) in [6, 6.07) is 7.92. The molecule has 0 aromatic carbocycles. The van der Waals surface area contributed by atoms with Gasteiger partial charge in [0, 0.05) is 30.9 Å². The van der Waals surface area contributed by atoms with Crippen molar-refractivity contribution in [2.75, 3.05) is 11.9 Å². The van der Waals surface area contributed by atoms with Gasteiger partial charge in [-0.25, -0.2) is 9.97 Å². The number of pyridine rings is 1. The molecule has 0 atom stereocenters. The normalized spacial score (nSPS) is 10.3. The minimum absolute atomic E-state index is 0.741. The van der Waals surface area contributed by atoms with Crippen LogP contribution in [0.5, 0.6) is 0 Å². The van der Waals surface area contributed by atoms with Gasteiger partial charge in [0.2, 0.25) is 0 Å². The molecule has 0 aliphatic rings. The molecule has 0 aliphatic heterocycles. The summed E-state index contributed by atoms with van der Waals surface area (Å²) < 4.78 is 0. The van der Waals surface area contributed by atoms with Gasteiger partial charge in [-0.2, -0.15) is 0 Å². The van der Waals surface area contributed by atoms with E-state index in [-0.39, 0.29) is 0 Å². The first-order chi connectivity index (χ1) is 8.78. The molecule has 0 unspecified atom stereocenters. The lowest BCUT2D eigenvalue weighted by atomic mass is 10.2. The Morgan fingerprint density at radius 2 is 2.06 bits per heavy atom. The molecule has 2 rings (SSSR count). The maximum absolute atomic E-state index is 4.45. The second-order valence-electron chi connectivity index (χ2n) is 4.22. The molecule has 4 nitrogen and oxygen atoms in total. The molecule has 2 aromatic heterocycles. The van der Waals surface area contributed by atoms with Crippen LogP contribution < -0.4 is 5.32 Å². The Balaban J connectivity index is 2.15. The van der Waals surface area contributed by atoms with Crippen molar-refractivity contribution < 1.29 is 0 Å². The van der Waals surface area contributed by atoms with Crippen LogP contribution in [0.1, 0.15) is 30.6 Å². The third-order valence-corrected chi connectivity index (χ3v) is 2.54. The number of anilines is 1. The Morgan fingerprint density at radius 3 is 2.78 bits per heavy atom. The highest BCUT2D eigenvalue weighted by atomic mass is 15.0. The van der Waals surface area contributed by atoms with Crippen LogP contribution in [0.3, 0.4) is 0 Å². The van der Waals surface area contributed by atoms with Gasteiger partial charge in [-0.15, -0.1) is 0 Å². The molecule has 2 heterocycles. The summed E-state index contributed by atoms with van der Waals surface area (Å²) in [5.74, 6) is 1.69. The Bertz CT molecular complexity index is 496. The average molecular weight is 242 g/mol. The quantitative estimate of drug-likeness (QED) is 0.875. The van der Waals surface area contributed by atoms with E-state index in [4.69, 9.17) is 0 Å². The zero-order valence-corrected chi connectivity index (χ0v) is 10.8. The lowest BCUT2D eigenvalue weighted by Crippen LogP contribution is -2.06. The fraction of sp³-hybridized carbons (Fsp3) is 0.357. The molecule has 0 bridgehead atoms. The summed E-state index contributed by atoms with van der Waals surface area (Å²) in [7, 11) is 0. The first-order valence-corrected chi connectivity index (χ1v) is 6.26. The fourth-order valence-electron chi connectivity index (χ4n) is 1.75. The van der Waals surface area contributed by atoms with E-state index in [1.165, 1.54) is 0 Å². The lowest BCUT2D eigenvalue weighted by molar-refractivity contribution is 0.922. The smallest absolute Gasteiger partial charge is 0.129 e. The molecule has 94 valence electrons. The summed E-state index contributed by atoms with van der Waals surface area (Å²) in [5.41, 5.74) is 2.02. The zero-order chi connectivity index (χ0) is 12.8. The van der Waals surface area contributed by atoms with Gasteiger partial charge in [0.25, 0.3) is 0 Å². The largest absolute Gasteiger partial charge is 0.370 e. The summed E-state index contributed by atoms with van der Waals surface area (Å²) in [4.78, 5) is 13.1. The van der Waals surface area contributed by atoms with Crippen molar-refractivity contribution in [3.8, 4) is 0 Å². The Morgan fingerprint density at radius 1 is 1.17 bits per heavy atom. The molecule has 0 amide bonds. The van der Waals surface area contributed by atoms with Crippen molar-refractivity contribution in [3.63, 3.8) is 0 Å². The Labute approximate surface area is 108 Å². The number of nitrogens with zero attached hydrogens (tertiary/aromatic N) is 3. The molecule has 0 saturated carbocycles. The molecule has 18 heavy (non-hydrogen) atoms. The second kappa shape index (κ2) is 6.10. The third-order valence-electron chi connectivity index (χ3n) is 2.54. The molecule has 1 N–H and O–H groups in total. The molecule has 0 saturated heterocycles. The van der Waals surface area contributed by atoms with E-state index >= 15 is 0 Å². The van der Waals surface area contributed by atoms with Crippen LogP contribution in [-0.4, -0.2) is 21.5 Å². The minimum Gasteiger partial charge on any atom is -0.370 e. The van der Waals surface area contributed by atoms with Crippen molar-refractivity contribution in [3.05, 3.63) is 47.7 Å². The van der Waals surface area contributed by atoms with E-state index in [1.54, 1.807) is 6.20 Å². The number of aromatic nitrogens is 3. The van der Waals surface area contributed by atoms with Crippen LogP contribution >= 0.6 is 0 Å². The topological polar surface area (TPSA) is 50.7 Å². The van der Waals surface area contributed by atoms with E-state index in [1.807, 2.05) is 31.2 Å². The van der Waals surface area contributed by atoms with Crippen LogP contribution in [-0.2, 0) is 6.42 Å². The highest BCUT2D eigenvalue weighted by Crippen LogP contribution is 2.10. The second-order valence-corrected chi connectivity index (χ2v) is 4.22. The highest BCUT2D eigenvalue weighted by Gasteiger charge is 2.03. The molecule has 0 spiro atoms. The summed E-state index contributed by atoms with van der Waals surface area (Å²) in [6.07, 6.45) is 3.63. The van der Waals surface area contributed by atoms with E-state index in [0.29, 0.717) is 0 Å². The standard InChI is InChI=1S/C14H18N4/c1-3-7-16-14-10-13(17-11(2)18-14)9-12-6-4-5-8-15-12/h4-6,8,10H,3,7,9H2,1-2H3,(H,16,17,18). The van der Waals surface area contributed by atoms with Gasteiger partial charge >= 0.3 is 0 Å². The third kappa shape index (κ3) is 3.52. The number of hydrogen-bond donors (Lipinski definition) is 1. The van der Waals surface area contributed by atoms with Crippen molar-refractivity contribution >= 4 is 5.82 Å². The molecular formula is C14H18N4. The van der Waals surface area contributed by atoms with Crippen molar-refractivity contribution in [2.24, 2.45) is 0 Å². The fourth-order valence-corrected chi connectivity index (χ4v) is 1.75. The first kappa shape index (κ1) is 12.5. The highest BCUT2D eigenvalue weighted by molar-refractivity contribution is 5.36. The Kier molecular flexibility index (Phi) is 4.23. The number of rotatable bonds is 5. The Hall–Kier alpha value is -1.97. The predicted octanol–water partition coefficient (Wildman–Crippen LogP) is 2.59. The maximum Gasteiger partial charge on any atom is 0.129 e. The molecule has 0 aliphatic carbocycles. The average Bonchev–Trinajstić information content (AvgIpc) is 2.37. The van der Waals surface area contributed by atoms with E-state index in [9.17, 15) is 0 Å². The van der Waals surface area contributed by atoms with Gasteiger partial charge in [0.1, 0.15) is 11.6 Å². The predicted molar refractivity (Wildman–Crippen MR) is 72.6 cm³/mol. The number of aryl methyl sites for hydroxylation is 1. The van der Waals surface area contributed by atoms with Crippen LogP contribution in [0.4, 0.5) is 5.82 Å². The maximum atomic E-state index is 4.45. The summed E-state index contributed by atoms with van der Waals surface area (Å²) >= 11 is 0. The minimum atomic E-state index is 0.741. The van der Waals surface area contributed by atoms with Crippen LogP contribution in [0, 0.1) is 6.92 Å². The van der Waals surface area contributed by atoms with Gasteiger partial charge in [-0.3, -0.25) is 4.98 Å². The van der Waals surface area contributed by atoms with Crippen LogP contribution in [0.25, 0.3) is 0 Å². The van der Waals surface area contributed by atoms with Crippen LogP contribution in [0.15, 0.2) is 30.5 Å². The van der Waals surface area contributed by atoms with E-state index in [2.05, 4.69) is 27.2 Å². The van der Waals surface area contributed by atoms with Crippen molar-refractivity contribution in [1.82, 2.24) is 15.0 Å². The van der Waals surface area contributed by atoms with Gasteiger partial charge < -0.3 is 5.32 Å². The first-order valence-electron chi connectivity index (χ1n) is 6.26. The van der Waals surface area contributed by atoms with E-state index < -0.39 is 0 Å². The monoisotopic (exact) mass is 242 g/mol. The van der Waals surface area contributed by atoms with Gasteiger partial charge in [0.15, 0.2) is 0 Å². The van der Waals surface area contributed by atoms with Gasteiger partial charge in [-0.1, -0.05) is 13.0 Å². The van der Waals surface area contributed by atoms with E-state index in [0.717, 1.165) is 42.4 Å². The SMILES string of the molecule is CCCNc1cc(Cc2ccccn2)nc(C)n1. The number of nitrogens with one attached hydrogen (secondary N) is 1. The molecule has 4 heteroatoms. The van der Waals surface area contributed by atoms with Gasteiger partial charge in [-0.05, 0) is 25.5 Å². The molecule has 0 fully saturated rings. The molecule has 2 aromatic rings. The van der Waals surface area contributed by atoms with Crippen LogP contribution in [0.2, 0.25) is 0 Å². The molecule has 0 radical (unpaired) electrons. The van der Waals surface area contributed by atoms with Crippen molar-refractivity contribution in [2.45, 2.75) is 26.7 Å². The van der Waals surface area contributed by atoms with Crippen molar-refractivity contribution in [1.29, 1.82) is 0 Å². The summed E-state index contributed by atoms with van der Waals surface area (Å²) in [6.45, 7) is 4.98. The lowest BCUT2D eigenvalue weighted by Gasteiger charge is -2.07. The molecular weight excluding hydrogens is 224 g/mol. The zero-order valence-electron chi connectivity index (χ0n) is 10.8.